The molecule has 2 aromatic carbocycles. The number of hydrogen-bond donors (Lipinski definition) is 0. The highest BCUT2D eigenvalue weighted by molar-refractivity contribution is 5.44. The van der Waals surface area contributed by atoms with Gasteiger partial charge in [-0.2, -0.15) is 0 Å². The van der Waals surface area contributed by atoms with Gasteiger partial charge in [0.2, 0.25) is 0 Å². The van der Waals surface area contributed by atoms with Gasteiger partial charge in [-0.15, -0.1) is 0 Å². The minimum atomic E-state index is 0.185. The van der Waals surface area contributed by atoms with Gasteiger partial charge in [-0.1, -0.05) is 42.5 Å². The van der Waals surface area contributed by atoms with E-state index in [9.17, 15) is 0 Å². The maximum absolute atomic E-state index is 5.36. The molecule has 2 heteroatoms. The maximum atomic E-state index is 5.36. The molecule has 0 aliphatic rings. The van der Waals surface area contributed by atoms with Gasteiger partial charge < -0.3 is 4.74 Å². The smallest absolute Gasteiger partial charge is 0.119 e. The molecule has 0 radical (unpaired) electrons. The van der Waals surface area contributed by atoms with E-state index in [1.54, 1.807) is 7.11 Å². The van der Waals surface area contributed by atoms with Crippen molar-refractivity contribution < 1.29 is 4.74 Å². The summed E-state index contributed by atoms with van der Waals surface area (Å²) in [5.74, 6) is 1.06. The first-order chi connectivity index (χ1) is 10.4. The second kappa shape index (κ2) is 6.23. The van der Waals surface area contributed by atoms with E-state index in [0.717, 1.165) is 5.75 Å². The Morgan fingerprint density at radius 2 is 1.43 bits per heavy atom. The minimum absolute atomic E-state index is 0.185. The summed E-state index contributed by atoms with van der Waals surface area (Å²) in [6.45, 7) is 0. The van der Waals surface area contributed by atoms with Gasteiger partial charge in [-0.05, 0) is 41.0 Å². The molecule has 0 N–H and O–H groups in total. The van der Waals surface area contributed by atoms with Crippen LogP contribution in [0, 0.1) is 0 Å². The Bertz CT molecular complexity index is 656. The van der Waals surface area contributed by atoms with Crippen LogP contribution in [0.15, 0.2) is 79.1 Å². The molecule has 3 rings (SSSR count). The fourth-order valence-corrected chi connectivity index (χ4v) is 2.60. The highest BCUT2D eigenvalue weighted by Gasteiger charge is 2.16. The highest BCUT2D eigenvalue weighted by atomic mass is 16.5. The van der Waals surface area contributed by atoms with Crippen molar-refractivity contribution in [1.29, 1.82) is 0 Å². The van der Waals surface area contributed by atoms with E-state index in [1.165, 1.54) is 16.7 Å². The maximum Gasteiger partial charge on any atom is 0.119 e. The van der Waals surface area contributed by atoms with Crippen LogP contribution in [0.25, 0.3) is 0 Å². The van der Waals surface area contributed by atoms with Crippen molar-refractivity contribution in [2.45, 2.75) is 5.92 Å². The topological polar surface area (TPSA) is 22.1 Å². The number of nitrogens with zero attached hydrogens (tertiary/aromatic N) is 1. The number of aromatic nitrogens is 1. The van der Waals surface area contributed by atoms with Crippen molar-refractivity contribution in [3.8, 4) is 5.75 Å². The number of methoxy groups -OCH3 is 1. The molecule has 0 saturated heterocycles. The highest BCUT2D eigenvalue weighted by Crippen LogP contribution is 2.32. The largest absolute Gasteiger partial charge is 0.497 e. The third-order valence-electron chi connectivity index (χ3n) is 3.60. The van der Waals surface area contributed by atoms with Crippen LogP contribution in [0.3, 0.4) is 0 Å². The van der Waals surface area contributed by atoms with Crippen LogP contribution >= 0.6 is 0 Å². The summed E-state index contributed by atoms with van der Waals surface area (Å²) < 4.78 is 5.36. The van der Waals surface area contributed by atoms with Gasteiger partial charge in [-0.25, -0.2) is 0 Å². The van der Waals surface area contributed by atoms with Crippen LogP contribution in [0.5, 0.6) is 5.75 Å². The number of benzene rings is 2. The van der Waals surface area contributed by atoms with Gasteiger partial charge in [0, 0.05) is 18.3 Å². The van der Waals surface area contributed by atoms with E-state index in [4.69, 9.17) is 4.74 Å². The molecule has 1 heterocycles. The van der Waals surface area contributed by atoms with Gasteiger partial charge in [0.25, 0.3) is 0 Å². The number of ether oxygens (including phenoxy) is 1. The molecule has 0 aliphatic carbocycles. The monoisotopic (exact) mass is 275 g/mol. The van der Waals surface area contributed by atoms with E-state index >= 15 is 0 Å². The fraction of sp³-hybridized carbons (Fsp3) is 0.105. The van der Waals surface area contributed by atoms with Crippen LogP contribution in [-0.4, -0.2) is 12.1 Å². The molecular formula is C19H17NO. The lowest BCUT2D eigenvalue weighted by molar-refractivity contribution is 0.414. The lowest BCUT2D eigenvalue weighted by Crippen LogP contribution is -2.03. The zero-order valence-electron chi connectivity index (χ0n) is 11.9. The van der Waals surface area contributed by atoms with Crippen LogP contribution in [-0.2, 0) is 0 Å². The minimum Gasteiger partial charge on any atom is -0.497 e. The Labute approximate surface area is 125 Å². The molecule has 1 atom stereocenters. The fourth-order valence-electron chi connectivity index (χ4n) is 2.60. The Hall–Kier alpha value is -2.61. The van der Waals surface area contributed by atoms with Crippen molar-refractivity contribution in [3.05, 3.63) is 95.8 Å². The van der Waals surface area contributed by atoms with Crippen molar-refractivity contribution in [1.82, 2.24) is 4.98 Å². The summed E-state index contributed by atoms with van der Waals surface area (Å²) >= 11 is 0. The predicted octanol–water partition coefficient (Wildman–Crippen LogP) is 4.27. The van der Waals surface area contributed by atoms with E-state index in [2.05, 4.69) is 53.5 Å². The van der Waals surface area contributed by atoms with Gasteiger partial charge in [0.05, 0.1) is 7.11 Å². The van der Waals surface area contributed by atoms with E-state index in [1.807, 2.05) is 30.6 Å². The SMILES string of the molecule is COc1cccc(C(c2ccccc2)c2ccncc2)c1. The first-order valence-corrected chi connectivity index (χ1v) is 6.97. The van der Waals surface area contributed by atoms with Crippen molar-refractivity contribution >= 4 is 0 Å². The van der Waals surface area contributed by atoms with Gasteiger partial charge in [0.1, 0.15) is 5.75 Å². The lowest BCUT2D eigenvalue weighted by Gasteiger charge is -2.19. The summed E-state index contributed by atoms with van der Waals surface area (Å²) in [6, 6.07) is 22.9. The molecule has 0 bridgehead atoms. The third kappa shape index (κ3) is 2.95. The van der Waals surface area contributed by atoms with E-state index in [0.29, 0.717) is 0 Å². The van der Waals surface area contributed by atoms with Gasteiger partial charge in [-0.3, -0.25) is 4.98 Å². The number of rotatable bonds is 4. The Morgan fingerprint density at radius 3 is 2.14 bits per heavy atom. The number of hydrogen-bond acceptors (Lipinski definition) is 2. The predicted molar refractivity (Wildman–Crippen MR) is 84.6 cm³/mol. The first kappa shape index (κ1) is 13.4. The number of pyridine rings is 1. The molecule has 2 nitrogen and oxygen atoms in total. The van der Waals surface area contributed by atoms with Gasteiger partial charge >= 0.3 is 0 Å². The standard InChI is InChI=1S/C19H17NO/c1-21-18-9-5-8-17(14-18)19(15-6-3-2-4-7-15)16-10-12-20-13-11-16/h2-14,19H,1H3. The van der Waals surface area contributed by atoms with E-state index < -0.39 is 0 Å². The van der Waals surface area contributed by atoms with E-state index in [-0.39, 0.29) is 5.92 Å². The van der Waals surface area contributed by atoms with Gasteiger partial charge in [0.15, 0.2) is 0 Å². The van der Waals surface area contributed by atoms with Crippen LogP contribution in [0.4, 0.5) is 0 Å². The zero-order chi connectivity index (χ0) is 14.5. The van der Waals surface area contributed by atoms with Crippen LogP contribution < -0.4 is 4.74 Å². The normalized spacial score (nSPS) is 11.9. The molecule has 1 unspecified atom stereocenters. The summed E-state index contributed by atoms with van der Waals surface area (Å²) in [6.07, 6.45) is 3.68. The van der Waals surface area contributed by atoms with Crippen LogP contribution in [0.2, 0.25) is 0 Å². The molecular weight excluding hydrogens is 258 g/mol. The average molecular weight is 275 g/mol. The van der Waals surface area contributed by atoms with Crippen molar-refractivity contribution in [2.75, 3.05) is 7.11 Å². The summed E-state index contributed by atoms with van der Waals surface area (Å²) in [7, 11) is 1.70. The quantitative estimate of drug-likeness (QED) is 0.709. The summed E-state index contributed by atoms with van der Waals surface area (Å²) in [5.41, 5.74) is 3.70. The third-order valence-corrected chi connectivity index (χ3v) is 3.60. The summed E-state index contributed by atoms with van der Waals surface area (Å²) in [4.78, 5) is 4.12. The first-order valence-electron chi connectivity index (χ1n) is 6.97. The zero-order valence-corrected chi connectivity index (χ0v) is 11.9. The molecule has 0 fully saturated rings. The van der Waals surface area contributed by atoms with Crippen molar-refractivity contribution in [3.63, 3.8) is 0 Å². The molecule has 21 heavy (non-hydrogen) atoms. The molecule has 1 aromatic heterocycles. The Morgan fingerprint density at radius 1 is 0.762 bits per heavy atom. The summed E-state index contributed by atoms with van der Waals surface area (Å²) in [5, 5.41) is 0. The average Bonchev–Trinajstić information content (AvgIpc) is 2.57. The second-order valence-corrected chi connectivity index (χ2v) is 4.90. The molecule has 0 saturated carbocycles. The molecule has 0 aliphatic heterocycles. The Balaban J connectivity index is 2.12. The molecule has 0 spiro atoms. The lowest BCUT2D eigenvalue weighted by atomic mass is 9.85. The van der Waals surface area contributed by atoms with Crippen molar-refractivity contribution in [2.24, 2.45) is 0 Å². The molecule has 3 aromatic rings. The Kier molecular flexibility index (Phi) is 3.97. The second-order valence-electron chi connectivity index (χ2n) is 4.90. The molecule has 104 valence electrons. The van der Waals surface area contributed by atoms with Crippen LogP contribution in [0.1, 0.15) is 22.6 Å². The molecule has 0 amide bonds.